The van der Waals surface area contributed by atoms with Gasteiger partial charge in [0.2, 0.25) is 5.13 Å². The van der Waals surface area contributed by atoms with Crippen molar-refractivity contribution in [1.82, 2.24) is 19.7 Å². The molecule has 0 N–H and O–H groups in total. The molecule has 0 saturated carbocycles. The van der Waals surface area contributed by atoms with Gasteiger partial charge in [-0.3, -0.25) is 4.79 Å². The average Bonchev–Trinajstić information content (AvgIpc) is 3.23. The lowest BCUT2D eigenvalue weighted by atomic mass is 10.0. The summed E-state index contributed by atoms with van der Waals surface area (Å²) in [7, 11) is 0. The third-order valence-electron chi connectivity index (χ3n) is 5.47. The van der Waals surface area contributed by atoms with Crippen LogP contribution in [0.5, 0.6) is 0 Å². The molecular formula is C22H26N4OS. The predicted molar refractivity (Wildman–Crippen MR) is 112 cm³/mol. The summed E-state index contributed by atoms with van der Waals surface area (Å²) >= 11 is 1.46. The summed E-state index contributed by atoms with van der Waals surface area (Å²) < 4.78 is 1.90. The molecular weight excluding hydrogens is 368 g/mol. The molecule has 4 rings (SSSR count). The zero-order valence-corrected chi connectivity index (χ0v) is 17.6. The van der Waals surface area contributed by atoms with E-state index >= 15 is 0 Å². The van der Waals surface area contributed by atoms with E-state index in [-0.39, 0.29) is 5.91 Å². The monoisotopic (exact) mass is 394 g/mol. The summed E-state index contributed by atoms with van der Waals surface area (Å²) in [5.74, 6) is 0.118. The van der Waals surface area contributed by atoms with Crippen LogP contribution in [0.3, 0.4) is 0 Å². The van der Waals surface area contributed by atoms with Crippen LogP contribution in [0.1, 0.15) is 57.1 Å². The highest BCUT2D eigenvalue weighted by Gasteiger charge is 2.24. The molecule has 3 aromatic rings. The van der Waals surface area contributed by atoms with E-state index in [0.29, 0.717) is 0 Å². The molecule has 28 heavy (non-hydrogen) atoms. The Morgan fingerprint density at radius 1 is 1.04 bits per heavy atom. The molecule has 1 aliphatic rings. The minimum atomic E-state index is 0.118. The average molecular weight is 395 g/mol. The molecule has 1 fully saturated rings. The number of hydrogen-bond acceptors (Lipinski definition) is 4. The number of carbonyl (C=O) groups is 1. The summed E-state index contributed by atoms with van der Waals surface area (Å²) in [5.41, 5.74) is 5.39. The number of carbonyl (C=O) groups excluding carboxylic acids is 1. The number of nitrogens with zero attached hydrogens (tertiary/aromatic N) is 4. The summed E-state index contributed by atoms with van der Waals surface area (Å²) in [6, 6.07) is 10.4. The molecule has 0 bridgehead atoms. The topological polar surface area (TPSA) is 51.0 Å². The van der Waals surface area contributed by atoms with Crippen LogP contribution in [0.4, 0.5) is 0 Å². The number of hydrogen-bond donors (Lipinski definition) is 0. The Balaban J connectivity index is 1.63. The molecule has 6 heteroatoms. The van der Waals surface area contributed by atoms with E-state index in [1.807, 2.05) is 29.5 Å². The van der Waals surface area contributed by atoms with Gasteiger partial charge in [-0.2, -0.15) is 5.10 Å². The lowest BCUT2D eigenvalue weighted by Gasteiger charge is -2.26. The molecule has 1 saturated heterocycles. The molecule has 0 radical (unpaired) electrons. The maximum absolute atomic E-state index is 12.9. The molecule has 2 aromatic heterocycles. The number of thiazole rings is 1. The minimum Gasteiger partial charge on any atom is -0.338 e. The van der Waals surface area contributed by atoms with Gasteiger partial charge < -0.3 is 4.90 Å². The number of amides is 1. The van der Waals surface area contributed by atoms with Gasteiger partial charge in [0.25, 0.3) is 5.91 Å². The molecule has 1 aliphatic heterocycles. The quantitative estimate of drug-likeness (QED) is 0.656. The Kier molecular flexibility index (Phi) is 5.31. The van der Waals surface area contributed by atoms with Gasteiger partial charge in [-0.25, -0.2) is 9.67 Å². The molecule has 0 spiro atoms. The number of likely N-dealkylation sites (tertiary alicyclic amines) is 1. The Morgan fingerprint density at radius 3 is 2.46 bits per heavy atom. The van der Waals surface area contributed by atoms with E-state index in [9.17, 15) is 4.79 Å². The first-order chi connectivity index (χ1) is 13.5. The Labute approximate surface area is 170 Å². The van der Waals surface area contributed by atoms with Gasteiger partial charge in [-0.15, -0.1) is 0 Å². The van der Waals surface area contributed by atoms with Crippen LogP contribution < -0.4 is 0 Å². The molecule has 1 aromatic carbocycles. The zero-order valence-electron chi connectivity index (χ0n) is 16.7. The van der Waals surface area contributed by atoms with E-state index in [1.54, 1.807) is 0 Å². The van der Waals surface area contributed by atoms with Crippen molar-refractivity contribution in [2.45, 2.75) is 46.5 Å². The summed E-state index contributed by atoms with van der Waals surface area (Å²) in [6.07, 6.45) is 4.25. The Bertz CT molecular complexity index is 984. The number of benzene rings is 1. The second-order valence-corrected chi connectivity index (χ2v) is 8.46. The maximum atomic E-state index is 12.9. The number of aryl methyl sites for hydroxylation is 2. The van der Waals surface area contributed by atoms with Gasteiger partial charge >= 0.3 is 0 Å². The summed E-state index contributed by atoms with van der Waals surface area (Å²) in [5, 5.41) is 5.52. The maximum Gasteiger partial charge on any atom is 0.265 e. The number of rotatable bonds is 4. The van der Waals surface area contributed by atoms with Gasteiger partial charge in [0, 0.05) is 30.8 Å². The minimum absolute atomic E-state index is 0.118. The standard InChI is InChI=1S/C22H26N4OS/c1-15-19(14-18-10-6-4-7-11-18)17(3)26(24-15)22-23-16(2)20(28-22)21(27)25-12-8-5-9-13-25/h4,6-7,10-11H,5,8-9,12-14H2,1-3H3. The highest BCUT2D eigenvalue weighted by atomic mass is 32.1. The van der Waals surface area contributed by atoms with E-state index in [0.717, 1.165) is 59.4 Å². The van der Waals surface area contributed by atoms with Crippen LogP contribution in [-0.4, -0.2) is 38.7 Å². The lowest BCUT2D eigenvalue weighted by molar-refractivity contribution is 0.0728. The van der Waals surface area contributed by atoms with Gasteiger partial charge in [-0.1, -0.05) is 41.7 Å². The third-order valence-corrected chi connectivity index (χ3v) is 6.59. The van der Waals surface area contributed by atoms with Crippen molar-refractivity contribution in [2.75, 3.05) is 13.1 Å². The fraction of sp³-hybridized carbons (Fsp3) is 0.409. The van der Waals surface area contributed by atoms with Crippen molar-refractivity contribution in [3.63, 3.8) is 0 Å². The summed E-state index contributed by atoms with van der Waals surface area (Å²) in [6.45, 7) is 7.76. The zero-order chi connectivity index (χ0) is 19.7. The van der Waals surface area contributed by atoms with Crippen molar-refractivity contribution in [3.8, 4) is 5.13 Å². The fourth-order valence-electron chi connectivity index (χ4n) is 3.83. The molecule has 1 amide bonds. The van der Waals surface area contributed by atoms with Crippen molar-refractivity contribution in [2.24, 2.45) is 0 Å². The molecule has 0 aliphatic carbocycles. The first kappa shape index (κ1) is 18.9. The van der Waals surface area contributed by atoms with Crippen LogP contribution in [-0.2, 0) is 6.42 Å². The van der Waals surface area contributed by atoms with Gasteiger partial charge in [0.15, 0.2) is 0 Å². The molecule has 0 atom stereocenters. The normalized spacial score (nSPS) is 14.5. The summed E-state index contributed by atoms with van der Waals surface area (Å²) in [4.78, 5) is 20.3. The van der Waals surface area contributed by atoms with Crippen LogP contribution in [0, 0.1) is 20.8 Å². The highest BCUT2D eigenvalue weighted by Crippen LogP contribution is 2.27. The SMILES string of the molecule is Cc1nc(-n2nc(C)c(Cc3ccccc3)c2C)sc1C(=O)N1CCCCC1. The third kappa shape index (κ3) is 3.61. The lowest BCUT2D eigenvalue weighted by Crippen LogP contribution is -2.35. The first-order valence-corrected chi connectivity index (χ1v) is 10.7. The van der Waals surface area contributed by atoms with Gasteiger partial charge in [0.05, 0.1) is 11.4 Å². The van der Waals surface area contributed by atoms with E-state index in [4.69, 9.17) is 10.1 Å². The fourth-order valence-corrected chi connectivity index (χ4v) is 4.87. The molecule has 146 valence electrons. The van der Waals surface area contributed by atoms with Crippen LogP contribution in [0.2, 0.25) is 0 Å². The molecule has 5 nitrogen and oxygen atoms in total. The van der Waals surface area contributed by atoms with Crippen molar-refractivity contribution >= 4 is 17.2 Å². The molecule has 0 unspecified atom stereocenters. The molecule has 3 heterocycles. The van der Waals surface area contributed by atoms with E-state index < -0.39 is 0 Å². The van der Waals surface area contributed by atoms with Crippen LogP contribution in [0.25, 0.3) is 5.13 Å². The number of piperidine rings is 1. The van der Waals surface area contributed by atoms with Crippen LogP contribution >= 0.6 is 11.3 Å². The second kappa shape index (κ2) is 7.87. The predicted octanol–water partition coefficient (Wildman–Crippen LogP) is 4.47. The van der Waals surface area contributed by atoms with Crippen molar-refractivity contribution in [3.05, 3.63) is 63.4 Å². The second-order valence-electron chi connectivity index (χ2n) is 7.49. The largest absolute Gasteiger partial charge is 0.338 e. The van der Waals surface area contributed by atoms with Gasteiger partial charge in [0.1, 0.15) is 4.88 Å². The Hall–Kier alpha value is -2.47. The van der Waals surface area contributed by atoms with Crippen molar-refractivity contribution in [1.29, 1.82) is 0 Å². The van der Waals surface area contributed by atoms with Gasteiger partial charge in [-0.05, 0) is 45.6 Å². The van der Waals surface area contributed by atoms with E-state index in [2.05, 4.69) is 31.2 Å². The van der Waals surface area contributed by atoms with Crippen LogP contribution in [0.15, 0.2) is 30.3 Å². The first-order valence-electron chi connectivity index (χ1n) is 9.90. The van der Waals surface area contributed by atoms with Crippen molar-refractivity contribution < 1.29 is 4.79 Å². The van der Waals surface area contributed by atoms with E-state index in [1.165, 1.54) is 28.9 Å². The highest BCUT2D eigenvalue weighted by molar-refractivity contribution is 7.16. The Morgan fingerprint density at radius 2 is 1.75 bits per heavy atom. The smallest absolute Gasteiger partial charge is 0.265 e. The number of aromatic nitrogens is 3.